The Bertz CT molecular complexity index is 388. The molecule has 0 aliphatic heterocycles. The van der Waals surface area contributed by atoms with Gasteiger partial charge < -0.3 is 5.32 Å². The largest absolute Gasteiger partial charge is 0.306 e. The molecule has 0 fully saturated rings. The summed E-state index contributed by atoms with van der Waals surface area (Å²) in [5, 5.41) is 3.21. The van der Waals surface area contributed by atoms with Crippen molar-refractivity contribution in [3.05, 3.63) is 47.5 Å². The fourth-order valence-electron chi connectivity index (χ4n) is 1.91. The van der Waals surface area contributed by atoms with Gasteiger partial charge in [-0.3, -0.25) is 0 Å². The highest BCUT2D eigenvalue weighted by Crippen LogP contribution is 2.14. The van der Waals surface area contributed by atoms with Crippen molar-refractivity contribution < 1.29 is 8.78 Å². The summed E-state index contributed by atoms with van der Waals surface area (Å²) in [6.07, 6.45) is 7.56. The highest BCUT2D eigenvalue weighted by molar-refractivity contribution is 5.19. The van der Waals surface area contributed by atoms with Gasteiger partial charge in [0.25, 0.3) is 0 Å². The number of hydrogen-bond acceptors (Lipinski definition) is 1. The maximum absolute atomic E-state index is 13.3. The van der Waals surface area contributed by atoms with Gasteiger partial charge >= 0.3 is 0 Å². The van der Waals surface area contributed by atoms with E-state index in [0.29, 0.717) is 12.1 Å². The fourth-order valence-corrected chi connectivity index (χ4v) is 1.91. The Labute approximate surface area is 94.2 Å². The highest BCUT2D eigenvalue weighted by Gasteiger charge is 2.10. The molecule has 1 aromatic carbocycles. The Kier molecular flexibility index (Phi) is 3.67. The Morgan fingerprint density at radius 1 is 1.31 bits per heavy atom. The molecule has 0 heterocycles. The van der Waals surface area contributed by atoms with Gasteiger partial charge in [-0.2, -0.15) is 0 Å². The van der Waals surface area contributed by atoms with Gasteiger partial charge in [-0.1, -0.05) is 24.3 Å². The zero-order valence-electron chi connectivity index (χ0n) is 9.05. The van der Waals surface area contributed by atoms with E-state index in [1.807, 2.05) is 0 Å². The third-order valence-corrected chi connectivity index (χ3v) is 2.84. The minimum Gasteiger partial charge on any atom is -0.306 e. The molecule has 1 aliphatic rings. The van der Waals surface area contributed by atoms with E-state index in [-0.39, 0.29) is 6.04 Å². The third kappa shape index (κ3) is 2.67. The lowest BCUT2D eigenvalue weighted by atomic mass is 10.0. The predicted octanol–water partition coefficient (Wildman–Crippen LogP) is 3.16. The molecule has 0 saturated heterocycles. The first kappa shape index (κ1) is 11.3. The van der Waals surface area contributed by atoms with Crippen LogP contribution in [0.15, 0.2) is 30.4 Å². The number of nitrogens with one attached hydrogen (secondary N) is 1. The minimum atomic E-state index is -0.779. The third-order valence-electron chi connectivity index (χ3n) is 2.84. The molecule has 1 N–H and O–H groups in total. The molecule has 1 atom stereocenters. The topological polar surface area (TPSA) is 12.0 Å². The molecule has 0 radical (unpaired) electrons. The first-order chi connectivity index (χ1) is 7.77. The molecular weight excluding hydrogens is 208 g/mol. The van der Waals surface area contributed by atoms with Crippen molar-refractivity contribution in [2.45, 2.75) is 31.8 Å². The molecule has 1 nitrogen and oxygen atoms in total. The van der Waals surface area contributed by atoms with Crippen molar-refractivity contribution in [3.8, 4) is 0 Å². The molecule has 3 heteroatoms. The van der Waals surface area contributed by atoms with Crippen LogP contribution in [0.1, 0.15) is 24.8 Å². The van der Waals surface area contributed by atoms with E-state index in [9.17, 15) is 8.78 Å². The summed E-state index contributed by atoms with van der Waals surface area (Å²) in [7, 11) is 0. The average molecular weight is 223 g/mol. The van der Waals surface area contributed by atoms with Crippen molar-refractivity contribution in [1.29, 1.82) is 0 Å². The predicted molar refractivity (Wildman–Crippen MR) is 60.0 cm³/mol. The molecule has 1 aromatic rings. The van der Waals surface area contributed by atoms with Crippen LogP contribution in [0.3, 0.4) is 0 Å². The quantitative estimate of drug-likeness (QED) is 0.776. The van der Waals surface area contributed by atoms with Gasteiger partial charge in [0, 0.05) is 18.2 Å². The van der Waals surface area contributed by atoms with Gasteiger partial charge in [0.2, 0.25) is 0 Å². The maximum atomic E-state index is 13.3. The SMILES string of the molecule is Fc1cccc(CNC2C=CCCC2)c1F. The van der Waals surface area contributed by atoms with Gasteiger partial charge in [-0.15, -0.1) is 0 Å². The van der Waals surface area contributed by atoms with Gasteiger partial charge in [-0.25, -0.2) is 8.78 Å². The van der Waals surface area contributed by atoms with E-state index < -0.39 is 11.6 Å². The number of rotatable bonds is 3. The van der Waals surface area contributed by atoms with Gasteiger partial charge in [0.05, 0.1) is 0 Å². The summed E-state index contributed by atoms with van der Waals surface area (Å²) < 4.78 is 26.3. The number of halogens is 2. The first-order valence-corrected chi connectivity index (χ1v) is 5.60. The summed E-state index contributed by atoms with van der Waals surface area (Å²) in [6, 6.07) is 4.57. The number of allylic oxidation sites excluding steroid dienone is 1. The Morgan fingerprint density at radius 3 is 2.94 bits per heavy atom. The Hall–Kier alpha value is -1.22. The molecule has 1 aliphatic carbocycles. The second-order valence-corrected chi connectivity index (χ2v) is 4.06. The number of hydrogen-bond donors (Lipinski definition) is 1. The second-order valence-electron chi connectivity index (χ2n) is 4.06. The van der Waals surface area contributed by atoms with Crippen LogP contribution in [0.25, 0.3) is 0 Å². The molecule has 0 aromatic heterocycles. The van der Waals surface area contributed by atoms with Gasteiger partial charge in [-0.05, 0) is 25.3 Å². The summed E-state index contributed by atoms with van der Waals surface area (Å²) in [5.74, 6) is -1.52. The van der Waals surface area contributed by atoms with E-state index in [4.69, 9.17) is 0 Å². The van der Waals surface area contributed by atoms with Crippen LogP contribution in [0, 0.1) is 11.6 Å². The molecule has 86 valence electrons. The summed E-state index contributed by atoms with van der Waals surface area (Å²) in [4.78, 5) is 0. The molecule has 0 bridgehead atoms. The van der Waals surface area contributed by atoms with Gasteiger partial charge in [0.15, 0.2) is 11.6 Å². The molecule has 2 rings (SSSR count). The lowest BCUT2D eigenvalue weighted by molar-refractivity contribution is 0.477. The lowest BCUT2D eigenvalue weighted by Gasteiger charge is -2.18. The van der Waals surface area contributed by atoms with Crippen LogP contribution in [0.4, 0.5) is 8.78 Å². The van der Waals surface area contributed by atoms with Crippen molar-refractivity contribution in [2.24, 2.45) is 0 Å². The zero-order chi connectivity index (χ0) is 11.4. The molecule has 0 amide bonds. The standard InChI is InChI=1S/C13H15F2N/c14-12-8-4-5-10(13(12)15)9-16-11-6-2-1-3-7-11/h2,4-6,8,11,16H,1,3,7,9H2. The smallest absolute Gasteiger partial charge is 0.163 e. The van der Waals surface area contributed by atoms with Crippen LogP contribution in [-0.2, 0) is 6.54 Å². The summed E-state index contributed by atoms with van der Waals surface area (Å²) in [6.45, 7) is 0.374. The van der Waals surface area contributed by atoms with Crippen LogP contribution < -0.4 is 5.32 Å². The zero-order valence-corrected chi connectivity index (χ0v) is 9.05. The first-order valence-electron chi connectivity index (χ1n) is 5.60. The van der Waals surface area contributed by atoms with Crippen molar-refractivity contribution >= 4 is 0 Å². The van der Waals surface area contributed by atoms with Gasteiger partial charge in [0.1, 0.15) is 0 Å². The van der Waals surface area contributed by atoms with Crippen molar-refractivity contribution in [2.75, 3.05) is 0 Å². The van der Waals surface area contributed by atoms with E-state index in [1.54, 1.807) is 6.07 Å². The fraction of sp³-hybridized carbons (Fsp3) is 0.385. The average Bonchev–Trinajstić information content (AvgIpc) is 2.32. The van der Waals surface area contributed by atoms with Crippen LogP contribution in [-0.4, -0.2) is 6.04 Å². The van der Waals surface area contributed by atoms with Crippen molar-refractivity contribution in [3.63, 3.8) is 0 Å². The molecule has 0 saturated carbocycles. The van der Waals surface area contributed by atoms with Crippen molar-refractivity contribution in [1.82, 2.24) is 5.32 Å². The van der Waals surface area contributed by atoms with E-state index in [1.165, 1.54) is 6.07 Å². The Balaban J connectivity index is 1.96. The van der Waals surface area contributed by atoms with Crippen LogP contribution in [0.2, 0.25) is 0 Å². The highest BCUT2D eigenvalue weighted by atomic mass is 19.2. The lowest BCUT2D eigenvalue weighted by Crippen LogP contribution is -2.28. The van der Waals surface area contributed by atoms with E-state index in [0.717, 1.165) is 25.3 Å². The van der Waals surface area contributed by atoms with Crippen LogP contribution >= 0.6 is 0 Å². The molecule has 0 spiro atoms. The molecule has 1 unspecified atom stereocenters. The van der Waals surface area contributed by atoms with Crippen LogP contribution in [0.5, 0.6) is 0 Å². The number of benzene rings is 1. The summed E-state index contributed by atoms with van der Waals surface area (Å²) >= 11 is 0. The van der Waals surface area contributed by atoms with E-state index >= 15 is 0 Å². The minimum absolute atomic E-state index is 0.288. The van der Waals surface area contributed by atoms with E-state index in [2.05, 4.69) is 17.5 Å². The summed E-state index contributed by atoms with van der Waals surface area (Å²) in [5.41, 5.74) is 0.388. The maximum Gasteiger partial charge on any atom is 0.163 e. The molecule has 16 heavy (non-hydrogen) atoms. The normalized spacial score (nSPS) is 20.0. The second kappa shape index (κ2) is 5.21. The monoisotopic (exact) mass is 223 g/mol. The Morgan fingerprint density at radius 2 is 2.19 bits per heavy atom. The molecular formula is C13H15F2N.